The molecule has 0 amide bonds. The molecule has 0 fully saturated rings. The minimum atomic E-state index is -1.44. The lowest BCUT2D eigenvalue weighted by Gasteiger charge is -2.18. The van der Waals surface area contributed by atoms with Crippen LogP contribution in [0.3, 0.4) is 0 Å². The normalized spacial score (nSPS) is 13.2. The molecular weight excluding hydrogens is 304 g/mol. The van der Waals surface area contributed by atoms with Gasteiger partial charge in [-0.05, 0) is 24.1 Å². The van der Waals surface area contributed by atoms with Gasteiger partial charge in [-0.3, -0.25) is 9.59 Å². The van der Waals surface area contributed by atoms with Gasteiger partial charge in [-0.25, -0.2) is 0 Å². The van der Waals surface area contributed by atoms with Crippen LogP contribution in [-0.2, 0) is 14.3 Å². The maximum absolute atomic E-state index is 12.3. The quantitative estimate of drug-likeness (QED) is 0.672. The predicted molar refractivity (Wildman–Crippen MR) is 82.8 cm³/mol. The lowest BCUT2D eigenvalue weighted by Crippen LogP contribution is -2.25. The molecule has 22 heavy (non-hydrogen) atoms. The zero-order chi connectivity index (χ0) is 16.1. The number of halogens is 1. The Bertz CT molecular complexity index is 669. The molecule has 2 atom stereocenters. The second-order valence-electron chi connectivity index (χ2n) is 4.78. The maximum atomic E-state index is 12.3. The minimum Gasteiger partial charge on any atom is -0.480 e. The number of carboxylic acid groups (broad SMARTS) is 1. The zero-order valence-electron chi connectivity index (χ0n) is 11.9. The fraction of sp³-hybridized carbons (Fsp3) is 0.176. The Balaban J connectivity index is 2.21. The first-order valence-electron chi connectivity index (χ1n) is 6.73. The molecule has 0 radical (unpaired) electrons. The molecule has 0 aromatic heterocycles. The van der Waals surface area contributed by atoms with Crippen molar-refractivity contribution >= 4 is 23.5 Å². The van der Waals surface area contributed by atoms with Gasteiger partial charge in [0.05, 0.1) is 0 Å². The highest BCUT2D eigenvalue weighted by Gasteiger charge is 2.32. The Labute approximate surface area is 133 Å². The SMILES string of the molecule is CC(OC(=O)C(C(=O)O)c1ccccc1Cl)c1ccccc1. The van der Waals surface area contributed by atoms with E-state index in [1.165, 1.54) is 6.07 Å². The number of carbonyl (C=O) groups excluding carboxylic acids is 1. The van der Waals surface area contributed by atoms with Gasteiger partial charge in [0.15, 0.2) is 5.92 Å². The standard InChI is InChI=1S/C17H15ClO4/c1-11(12-7-3-2-4-8-12)22-17(21)15(16(19)20)13-9-5-6-10-14(13)18/h2-11,15H,1H3,(H,19,20). The molecule has 0 bridgehead atoms. The second kappa shape index (κ2) is 7.09. The van der Waals surface area contributed by atoms with Crippen molar-refractivity contribution in [3.8, 4) is 0 Å². The summed E-state index contributed by atoms with van der Waals surface area (Å²) in [5.41, 5.74) is 1.01. The number of rotatable bonds is 5. The molecule has 114 valence electrons. The number of carboxylic acids is 1. The average Bonchev–Trinajstić information content (AvgIpc) is 2.50. The van der Waals surface area contributed by atoms with Crippen LogP contribution in [0.5, 0.6) is 0 Å². The molecule has 2 rings (SSSR count). The number of hydrogen-bond donors (Lipinski definition) is 1. The molecule has 0 spiro atoms. The van der Waals surface area contributed by atoms with Crippen LogP contribution in [0.25, 0.3) is 0 Å². The molecular formula is C17H15ClO4. The van der Waals surface area contributed by atoms with Gasteiger partial charge in [0.2, 0.25) is 0 Å². The molecule has 0 saturated heterocycles. The van der Waals surface area contributed by atoms with Crippen molar-refractivity contribution in [2.45, 2.75) is 18.9 Å². The fourth-order valence-electron chi connectivity index (χ4n) is 2.10. The molecule has 2 aromatic carbocycles. The second-order valence-corrected chi connectivity index (χ2v) is 5.19. The van der Waals surface area contributed by atoms with E-state index in [0.29, 0.717) is 0 Å². The molecule has 0 aliphatic carbocycles. The van der Waals surface area contributed by atoms with Gasteiger partial charge >= 0.3 is 11.9 Å². The van der Waals surface area contributed by atoms with E-state index in [1.54, 1.807) is 25.1 Å². The van der Waals surface area contributed by atoms with Crippen LogP contribution >= 0.6 is 11.6 Å². The largest absolute Gasteiger partial charge is 0.480 e. The van der Waals surface area contributed by atoms with Crippen molar-refractivity contribution in [2.24, 2.45) is 0 Å². The first-order chi connectivity index (χ1) is 10.5. The van der Waals surface area contributed by atoms with Crippen LogP contribution in [0.2, 0.25) is 5.02 Å². The molecule has 5 heteroatoms. The molecule has 0 aliphatic heterocycles. The lowest BCUT2D eigenvalue weighted by molar-refractivity contribution is -0.157. The summed E-state index contributed by atoms with van der Waals surface area (Å²) in [5.74, 6) is -3.57. The summed E-state index contributed by atoms with van der Waals surface area (Å²) < 4.78 is 5.29. The third kappa shape index (κ3) is 3.65. The number of ether oxygens (including phenoxy) is 1. The van der Waals surface area contributed by atoms with E-state index in [0.717, 1.165) is 5.56 Å². The van der Waals surface area contributed by atoms with E-state index < -0.39 is 24.0 Å². The first kappa shape index (κ1) is 16.0. The van der Waals surface area contributed by atoms with Crippen molar-refractivity contribution < 1.29 is 19.4 Å². The third-order valence-electron chi connectivity index (χ3n) is 3.26. The first-order valence-corrected chi connectivity index (χ1v) is 7.11. The summed E-state index contributed by atoms with van der Waals surface area (Å²) in [4.78, 5) is 23.7. The highest BCUT2D eigenvalue weighted by molar-refractivity contribution is 6.32. The lowest BCUT2D eigenvalue weighted by atomic mass is 9.99. The van der Waals surface area contributed by atoms with Crippen LogP contribution in [0.4, 0.5) is 0 Å². The summed E-state index contributed by atoms with van der Waals surface area (Å²) in [6.45, 7) is 1.69. The summed E-state index contributed by atoms with van der Waals surface area (Å²) in [6.07, 6.45) is -0.543. The molecule has 2 aromatic rings. The minimum absolute atomic E-state index is 0.221. The van der Waals surface area contributed by atoms with Crippen molar-refractivity contribution in [1.82, 2.24) is 0 Å². The van der Waals surface area contributed by atoms with Crippen molar-refractivity contribution in [1.29, 1.82) is 0 Å². The van der Waals surface area contributed by atoms with Crippen molar-refractivity contribution in [2.75, 3.05) is 0 Å². The van der Waals surface area contributed by atoms with E-state index in [1.807, 2.05) is 30.3 Å². The number of carbonyl (C=O) groups is 2. The Morgan fingerprint density at radius 1 is 1.05 bits per heavy atom. The summed E-state index contributed by atoms with van der Waals surface area (Å²) in [7, 11) is 0. The van der Waals surface area contributed by atoms with E-state index in [4.69, 9.17) is 16.3 Å². The van der Waals surface area contributed by atoms with Crippen LogP contribution in [0, 0.1) is 0 Å². The monoisotopic (exact) mass is 318 g/mol. The Morgan fingerprint density at radius 2 is 1.64 bits per heavy atom. The highest BCUT2D eigenvalue weighted by atomic mass is 35.5. The third-order valence-corrected chi connectivity index (χ3v) is 3.61. The summed E-state index contributed by atoms with van der Waals surface area (Å²) in [6, 6.07) is 15.5. The van der Waals surface area contributed by atoms with Gasteiger partial charge < -0.3 is 9.84 Å². The molecule has 2 unspecified atom stereocenters. The number of esters is 1. The van der Waals surface area contributed by atoms with Gasteiger partial charge in [0.25, 0.3) is 0 Å². The Kier molecular flexibility index (Phi) is 5.17. The van der Waals surface area contributed by atoms with Gasteiger partial charge in [-0.15, -0.1) is 0 Å². The topological polar surface area (TPSA) is 63.6 Å². The molecule has 0 heterocycles. The van der Waals surface area contributed by atoms with E-state index in [-0.39, 0.29) is 10.6 Å². The van der Waals surface area contributed by atoms with Gasteiger partial charge in [0.1, 0.15) is 6.10 Å². The zero-order valence-corrected chi connectivity index (χ0v) is 12.7. The highest BCUT2D eigenvalue weighted by Crippen LogP contribution is 2.28. The average molecular weight is 319 g/mol. The number of aliphatic carboxylic acids is 1. The number of benzene rings is 2. The van der Waals surface area contributed by atoms with Gasteiger partial charge in [-0.1, -0.05) is 60.1 Å². The Morgan fingerprint density at radius 3 is 2.23 bits per heavy atom. The van der Waals surface area contributed by atoms with E-state index in [2.05, 4.69) is 0 Å². The maximum Gasteiger partial charge on any atom is 0.325 e. The van der Waals surface area contributed by atoms with Gasteiger partial charge in [0, 0.05) is 5.02 Å². The van der Waals surface area contributed by atoms with Crippen molar-refractivity contribution in [3.05, 3.63) is 70.7 Å². The van der Waals surface area contributed by atoms with Crippen molar-refractivity contribution in [3.63, 3.8) is 0 Å². The van der Waals surface area contributed by atoms with E-state index in [9.17, 15) is 14.7 Å². The number of hydrogen-bond acceptors (Lipinski definition) is 3. The van der Waals surface area contributed by atoms with Crippen LogP contribution in [0.15, 0.2) is 54.6 Å². The molecule has 1 N–H and O–H groups in total. The summed E-state index contributed by atoms with van der Waals surface area (Å²) in [5, 5.41) is 9.57. The van der Waals surface area contributed by atoms with Crippen LogP contribution < -0.4 is 0 Å². The van der Waals surface area contributed by atoms with E-state index >= 15 is 0 Å². The summed E-state index contributed by atoms with van der Waals surface area (Å²) >= 11 is 5.99. The molecule has 4 nitrogen and oxygen atoms in total. The smallest absolute Gasteiger partial charge is 0.325 e. The predicted octanol–water partition coefficient (Wildman–Crippen LogP) is 3.81. The molecule has 0 saturated carbocycles. The fourth-order valence-corrected chi connectivity index (χ4v) is 2.35. The van der Waals surface area contributed by atoms with Crippen LogP contribution in [0.1, 0.15) is 30.1 Å². The van der Waals surface area contributed by atoms with Crippen LogP contribution in [-0.4, -0.2) is 17.0 Å². The van der Waals surface area contributed by atoms with Gasteiger partial charge in [-0.2, -0.15) is 0 Å². The Hall–Kier alpha value is -2.33. The molecule has 0 aliphatic rings.